The minimum absolute atomic E-state index is 0.190. The van der Waals surface area contributed by atoms with Gasteiger partial charge in [-0.25, -0.2) is 0 Å². The van der Waals surface area contributed by atoms with E-state index in [4.69, 9.17) is 19.3 Å². The first kappa shape index (κ1) is 16.1. The average Bonchev–Trinajstić information content (AvgIpc) is 2.46. The first-order valence-electron chi connectivity index (χ1n) is 6.81. The van der Waals surface area contributed by atoms with Crippen LogP contribution in [-0.2, 0) is 20.8 Å². The molecule has 0 aliphatic heterocycles. The highest BCUT2D eigenvalue weighted by Gasteiger charge is 1.93. The van der Waals surface area contributed by atoms with E-state index >= 15 is 0 Å². The highest BCUT2D eigenvalue weighted by Crippen LogP contribution is 2.00. The maximum absolute atomic E-state index is 8.55. The fourth-order valence-electron chi connectivity index (χ4n) is 1.52. The third-order valence-corrected chi connectivity index (χ3v) is 2.51. The monoisotopic (exact) mass is 268 g/mol. The Morgan fingerprint density at radius 2 is 1.37 bits per heavy atom. The zero-order chi connectivity index (χ0) is 13.6. The number of aliphatic hydroxyl groups excluding tert-OH is 1. The van der Waals surface area contributed by atoms with Gasteiger partial charge in [0.1, 0.15) is 0 Å². The molecule has 1 N–H and O–H groups in total. The first-order valence-corrected chi connectivity index (χ1v) is 6.81. The van der Waals surface area contributed by atoms with Crippen molar-refractivity contribution < 1.29 is 19.3 Å². The maximum atomic E-state index is 8.55. The van der Waals surface area contributed by atoms with Crippen LogP contribution in [0.2, 0.25) is 0 Å². The van der Waals surface area contributed by atoms with Crippen LogP contribution in [0.4, 0.5) is 0 Å². The summed E-state index contributed by atoms with van der Waals surface area (Å²) < 4.78 is 16.2. The van der Waals surface area contributed by atoms with E-state index in [1.54, 1.807) is 0 Å². The lowest BCUT2D eigenvalue weighted by Crippen LogP contribution is -2.07. The summed E-state index contributed by atoms with van der Waals surface area (Å²) in [6, 6.07) is 10.1. The van der Waals surface area contributed by atoms with E-state index in [-0.39, 0.29) is 6.61 Å². The Bertz CT molecular complexity index is 289. The third-order valence-electron chi connectivity index (χ3n) is 2.51. The molecule has 0 saturated heterocycles. The summed E-state index contributed by atoms with van der Waals surface area (Å²) in [6.45, 7) is 4.04. The van der Waals surface area contributed by atoms with Gasteiger partial charge in [0.2, 0.25) is 0 Å². The van der Waals surface area contributed by atoms with E-state index in [9.17, 15) is 0 Å². The van der Waals surface area contributed by atoms with E-state index in [1.807, 2.05) is 30.3 Å². The molecule has 0 bridgehead atoms. The quantitative estimate of drug-likeness (QED) is 0.589. The van der Waals surface area contributed by atoms with Crippen LogP contribution >= 0.6 is 0 Å². The maximum Gasteiger partial charge on any atom is 0.0718 e. The first-order chi connectivity index (χ1) is 9.43. The zero-order valence-corrected chi connectivity index (χ0v) is 11.4. The van der Waals surface area contributed by atoms with Crippen molar-refractivity contribution in [1.82, 2.24) is 0 Å². The second-order valence-corrected chi connectivity index (χ2v) is 4.19. The van der Waals surface area contributed by atoms with Gasteiger partial charge in [-0.15, -0.1) is 0 Å². The molecule has 0 aromatic heterocycles. The molecule has 0 aliphatic carbocycles. The van der Waals surface area contributed by atoms with Crippen molar-refractivity contribution in [2.45, 2.75) is 19.4 Å². The van der Waals surface area contributed by atoms with Gasteiger partial charge in [0, 0.05) is 26.4 Å². The lowest BCUT2D eigenvalue weighted by atomic mass is 10.2. The van der Waals surface area contributed by atoms with Gasteiger partial charge in [-0.1, -0.05) is 30.3 Å². The molecule has 4 nitrogen and oxygen atoms in total. The molecule has 0 heterocycles. The molecule has 108 valence electrons. The molecule has 1 aromatic carbocycles. The number of benzene rings is 1. The van der Waals surface area contributed by atoms with Gasteiger partial charge in [-0.3, -0.25) is 0 Å². The van der Waals surface area contributed by atoms with E-state index in [0.717, 1.165) is 6.42 Å². The Balaban J connectivity index is 1.79. The van der Waals surface area contributed by atoms with Crippen molar-refractivity contribution in [3.8, 4) is 0 Å². The van der Waals surface area contributed by atoms with E-state index in [2.05, 4.69) is 0 Å². The summed E-state index contributed by atoms with van der Waals surface area (Å²) in [5.74, 6) is 0. The second-order valence-electron chi connectivity index (χ2n) is 4.19. The van der Waals surface area contributed by atoms with Gasteiger partial charge in [0.05, 0.1) is 19.8 Å². The minimum Gasteiger partial charge on any atom is -0.396 e. The fraction of sp³-hybridized carbons (Fsp3) is 0.600. The van der Waals surface area contributed by atoms with Crippen molar-refractivity contribution in [3.63, 3.8) is 0 Å². The molecular weight excluding hydrogens is 244 g/mol. The molecule has 0 fully saturated rings. The summed E-state index contributed by atoms with van der Waals surface area (Å²) in [5.41, 5.74) is 1.18. The standard InChI is InChI=1S/C15H24O4/c16-8-4-9-17-10-5-11-18-12-13-19-14-15-6-2-1-3-7-15/h1-3,6-7,16H,4-5,8-14H2. The van der Waals surface area contributed by atoms with Gasteiger partial charge in [0.15, 0.2) is 0 Å². The number of ether oxygens (including phenoxy) is 3. The number of aliphatic hydroxyl groups is 1. The molecule has 0 aliphatic rings. The van der Waals surface area contributed by atoms with Gasteiger partial charge >= 0.3 is 0 Å². The summed E-state index contributed by atoms with van der Waals surface area (Å²) in [4.78, 5) is 0. The SMILES string of the molecule is OCCCOCCCOCCOCc1ccccc1. The zero-order valence-electron chi connectivity index (χ0n) is 11.4. The predicted molar refractivity (Wildman–Crippen MR) is 74.1 cm³/mol. The molecule has 0 radical (unpaired) electrons. The van der Waals surface area contributed by atoms with Gasteiger partial charge in [-0.2, -0.15) is 0 Å². The van der Waals surface area contributed by atoms with Gasteiger partial charge in [-0.05, 0) is 18.4 Å². The average molecular weight is 268 g/mol. The highest BCUT2D eigenvalue weighted by atomic mass is 16.5. The van der Waals surface area contributed by atoms with E-state index < -0.39 is 0 Å². The van der Waals surface area contributed by atoms with Crippen LogP contribution in [-0.4, -0.2) is 44.7 Å². The van der Waals surface area contributed by atoms with E-state index in [0.29, 0.717) is 46.1 Å². The molecule has 0 atom stereocenters. The summed E-state index contributed by atoms with van der Waals surface area (Å²) in [5, 5.41) is 8.55. The van der Waals surface area contributed by atoms with Crippen LogP contribution < -0.4 is 0 Å². The summed E-state index contributed by atoms with van der Waals surface area (Å²) >= 11 is 0. The molecule has 0 saturated carbocycles. The Morgan fingerprint density at radius 1 is 0.737 bits per heavy atom. The molecule has 1 rings (SSSR count). The second kappa shape index (κ2) is 12.1. The Hall–Kier alpha value is -0.940. The fourth-order valence-corrected chi connectivity index (χ4v) is 1.52. The van der Waals surface area contributed by atoms with Crippen LogP contribution in [0.5, 0.6) is 0 Å². The Kier molecular flexibility index (Phi) is 10.3. The van der Waals surface area contributed by atoms with Crippen LogP contribution in [0, 0.1) is 0 Å². The Labute approximate surface area is 115 Å². The molecular formula is C15H24O4. The summed E-state index contributed by atoms with van der Waals surface area (Å²) in [7, 11) is 0. The van der Waals surface area contributed by atoms with Crippen molar-refractivity contribution in [1.29, 1.82) is 0 Å². The van der Waals surface area contributed by atoms with E-state index in [1.165, 1.54) is 5.56 Å². The number of rotatable bonds is 12. The topological polar surface area (TPSA) is 47.9 Å². The van der Waals surface area contributed by atoms with Crippen molar-refractivity contribution in [3.05, 3.63) is 35.9 Å². The lowest BCUT2D eigenvalue weighted by Gasteiger charge is -2.06. The normalized spacial score (nSPS) is 10.8. The van der Waals surface area contributed by atoms with Gasteiger partial charge < -0.3 is 19.3 Å². The number of hydrogen-bond acceptors (Lipinski definition) is 4. The van der Waals surface area contributed by atoms with Crippen molar-refractivity contribution >= 4 is 0 Å². The lowest BCUT2D eigenvalue weighted by molar-refractivity contribution is 0.0291. The molecule has 4 heteroatoms. The molecule has 0 spiro atoms. The van der Waals surface area contributed by atoms with Crippen LogP contribution in [0.3, 0.4) is 0 Å². The van der Waals surface area contributed by atoms with Crippen LogP contribution in [0.25, 0.3) is 0 Å². The third kappa shape index (κ3) is 9.62. The van der Waals surface area contributed by atoms with Crippen LogP contribution in [0.1, 0.15) is 18.4 Å². The van der Waals surface area contributed by atoms with Crippen LogP contribution in [0.15, 0.2) is 30.3 Å². The molecule has 0 amide bonds. The molecule has 19 heavy (non-hydrogen) atoms. The smallest absolute Gasteiger partial charge is 0.0718 e. The van der Waals surface area contributed by atoms with Crippen molar-refractivity contribution in [2.75, 3.05) is 39.6 Å². The Morgan fingerprint density at radius 3 is 2.11 bits per heavy atom. The highest BCUT2D eigenvalue weighted by molar-refractivity contribution is 5.13. The largest absolute Gasteiger partial charge is 0.396 e. The minimum atomic E-state index is 0.190. The summed E-state index contributed by atoms with van der Waals surface area (Å²) in [6.07, 6.45) is 1.58. The van der Waals surface area contributed by atoms with Gasteiger partial charge in [0.25, 0.3) is 0 Å². The molecule has 1 aromatic rings. The molecule has 0 unspecified atom stereocenters. The number of hydrogen-bond donors (Lipinski definition) is 1. The predicted octanol–water partition coefficient (Wildman–Crippen LogP) is 2.01. The van der Waals surface area contributed by atoms with Crippen molar-refractivity contribution in [2.24, 2.45) is 0 Å².